The minimum absolute atomic E-state index is 0.174. The first-order valence-electron chi connectivity index (χ1n) is 9.10. The number of nitrogens with one attached hydrogen (secondary N) is 1. The number of hydrazone groups is 1. The summed E-state index contributed by atoms with van der Waals surface area (Å²) >= 11 is 0. The molecule has 0 aliphatic rings. The molecule has 2 aromatic carbocycles. The van der Waals surface area contributed by atoms with Crippen molar-refractivity contribution in [3.8, 4) is 0 Å². The van der Waals surface area contributed by atoms with Gasteiger partial charge in [-0.25, -0.2) is 18.2 Å². The quantitative estimate of drug-likeness (QED) is 0.526. The standard InChI is InChI=1S/C21H26FN3O3S/c1-16(14-21(2,3)17-8-6-5-7-9-17)23-24-20(26)15-25(29(4,27)28)19-12-10-18(22)11-13-19/h5-13H,14-15H2,1-4H3,(H,24,26)/b23-16-. The van der Waals surface area contributed by atoms with E-state index in [0.29, 0.717) is 12.1 Å². The van der Waals surface area contributed by atoms with E-state index < -0.39 is 28.3 Å². The zero-order valence-corrected chi connectivity index (χ0v) is 17.8. The Morgan fingerprint density at radius 1 is 1.10 bits per heavy atom. The predicted octanol–water partition coefficient (Wildman–Crippen LogP) is 3.45. The van der Waals surface area contributed by atoms with Crippen molar-refractivity contribution in [1.82, 2.24) is 5.43 Å². The lowest BCUT2D eigenvalue weighted by Gasteiger charge is -2.25. The molecule has 2 rings (SSSR count). The molecule has 0 unspecified atom stereocenters. The van der Waals surface area contributed by atoms with E-state index >= 15 is 0 Å². The molecular formula is C21H26FN3O3S. The van der Waals surface area contributed by atoms with Gasteiger partial charge in [0.05, 0.1) is 11.9 Å². The van der Waals surface area contributed by atoms with Crippen molar-refractivity contribution in [2.24, 2.45) is 5.10 Å². The van der Waals surface area contributed by atoms with Crippen LogP contribution in [0, 0.1) is 5.82 Å². The molecule has 1 N–H and O–H groups in total. The lowest BCUT2D eigenvalue weighted by molar-refractivity contribution is -0.119. The molecule has 0 aromatic heterocycles. The largest absolute Gasteiger partial charge is 0.271 e. The van der Waals surface area contributed by atoms with Crippen LogP contribution in [0.2, 0.25) is 0 Å². The van der Waals surface area contributed by atoms with Crippen molar-refractivity contribution in [3.05, 3.63) is 66.0 Å². The van der Waals surface area contributed by atoms with E-state index in [9.17, 15) is 17.6 Å². The minimum Gasteiger partial charge on any atom is -0.271 e. The summed E-state index contributed by atoms with van der Waals surface area (Å²) in [7, 11) is -3.73. The minimum atomic E-state index is -3.73. The van der Waals surface area contributed by atoms with Gasteiger partial charge in [-0.05, 0) is 48.6 Å². The van der Waals surface area contributed by atoms with Gasteiger partial charge in [0.25, 0.3) is 5.91 Å². The van der Waals surface area contributed by atoms with Gasteiger partial charge in [-0.1, -0.05) is 44.2 Å². The summed E-state index contributed by atoms with van der Waals surface area (Å²) in [4.78, 5) is 12.3. The van der Waals surface area contributed by atoms with Crippen molar-refractivity contribution < 1.29 is 17.6 Å². The first-order chi connectivity index (χ1) is 13.5. The second-order valence-corrected chi connectivity index (χ2v) is 9.46. The highest BCUT2D eigenvalue weighted by Gasteiger charge is 2.23. The van der Waals surface area contributed by atoms with Gasteiger partial charge in [0.1, 0.15) is 12.4 Å². The third-order valence-corrected chi connectivity index (χ3v) is 5.57. The monoisotopic (exact) mass is 419 g/mol. The molecule has 0 aliphatic heterocycles. The fourth-order valence-corrected chi connectivity index (χ4v) is 3.86. The van der Waals surface area contributed by atoms with Gasteiger partial charge < -0.3 is 0 Å². The molecule has 0 saturated carbocycles. The van der Waals surface area contributed by atoms with E-state index in [2.05, 4.69) is 24.4 Å². The fourth-order valence-electron chi connectivity index (χ4n) is 3.00. The van der Waals surface area contributed by atoms with Crippen LogP contribution in [0.25, 0.3) is 0 Å². The number of carbonyl (C=O) groups is 1. The number of anilines is 1. The summed E-state index contributed by atoms with van der Waals surface area (Å²) < 4.78 is 38.1. The van der Waals surface area contributed by atoms with Crippen LogP contribution in [-0.2, 0) is 20.2 Å². The Hall–Kier alpha value is -2.74. The van der Waals surface area contributed by atoms with E-state index in [1.165, 1.54) is 12.1 Å². The number of rotatable bonds is 8. The van der Waals surface area contributed by atoms with Crippen molar-refractivity contribution >= 4 is 27.3 Å². The molecule has 0 saturated heterocycles. The van der Waals surface area contributed by atoms with Crippen molar-refractivity contribution in [1.29, 1.82) is 0 Å². The lowest BCUT2D eigenvalue weighted by atomic mass is 9.80. The van der Waals surface area contributed by atoms with Crippen molar-refractivity contribution in [3.63, 3.8) is 0 Å². The zero-order valence-electron chi connectivity index (χ0n) is 17.0. The lowest BCUT2D eigenvalue weighted by Crippen LogP contribution is -2.39. The maximum absolute atomic E-state index is 13.1. The first kappa shape index (κ1) is 22.5. The second kappa shape index (κ2) is 9.17. The van der Waals surface area contributed by atoms with Crippen LogP contribution in [0.15, 0.2) is 59.7 Å². The summed E-state index contributed by atoms with van der Waals surface area (Å²) in [5.74, 6) is -1.08. The van der Waals surface area contributed by atoms with Crippen LogP contribution in [0.4, 0.5) is 10.1 Å². The van der Waals surface area contributed by atoms with Gasteiger partial charge in [-0.3, -0.25) is 9.10 Å². The Balaban J connectivity index is 2.05. The average Bonchev–Trinajstić information content (AvgIpc) is 2.65. The summed E-state index contributed by atoms with van der Waals surface area (Å²) in [5.41, 5.74) is 4.30. The van der Waals surface area contributed by atoms with Crippen molar-refractivity contribution in [2.45, 2.75) is 32.6 Å². The van der Waals surface area contributed by atoms with Gasteiger partial charge in [0, 0.05) is 5.71 Å². The summed E-state index contributed by atoms with van der Waals surface area (Å²) in [6.45, 7) is 5.52. The molecule has 156 valence electrons. The normalized spacial score (nSPS) is 12.5. The first-order valence-corrected chi connectivity index (χ1v) is 10.9. The second-order valence-electron chi connectivity index (χ2n) is 7.55. The smallest absolute Gasteiger partial charge is 0.260 e. The van der Waals surface area contributed by atoms with Crippen molar-refractivity contribution in [2.75, 3.05) is 17.1 Å². The Morgan fingerprint density at radius 3 is 2.24 bits per heavy atom. The van der Waals surface area contributed by atoms with Gasteiger partial charge in [-0.15, -0.1) is 0 Å². The summed E-state index contributed by atoms with van der Waals surface area (Å²) in [6.07, 6.45) is 1.60. The highest BCUT2D eigenvalue weighted by molar-refractivity contribution is 7.92. The van der Waals surface area contributed by atoms with E-state index in [1.54, 1.807) is 6.92 Å². The topological polar surface area (TPSA) is 78.8 Å². The van der Waals surface area contributed by atoms with Crippen LogP contribution in [0.3, 0.4) is 0 Å². The summed E-state index contributed by atoms with van der Waals surface area (Å²) in [6, 6.07) is 14.9. The van der Waals surface area contributed by atoms with Gasteiger partial charge in [0.15, 0.2) is 0 Å². The van der Waals surface area contributed by atoms with Gasteiger partial charge in [0.2, 0.25) is 10.0 Å². The maximum atomic E-state index is 13.1. The number of amides is 1. The molecule has 2 aromatic rings. The molecule has 0 aliphatic carbocycles. The third-order valence-electron chi connectivity index (χ3n) is 4.43. The highest BCUT2D eigenvalue weighted by atomic mass is 32.2. The molecule has 0 spiro atoms. The number of hydrogen-bond donors (Lipinski definition) is 1. The predicted molar refractivity (Wildman–Crippen MR) is 114 cm³/mol. The van der Waals surface area contributed by atoms with Crippen LogP contribution >= 0.6 is 0 Å². The van der Waals surface area contributed by atoms with E-state index in [1.807, 2.05) is 30.3 Å². The molecule has 6 nitrogen and oxygen atoms in total. The van der Waals surface area contributed by atoms with Crippen LogP contribution in [-0.4, -0.2) is 32.8 Å². The van der Waals surface area contributed by atoms with Crippen LogP contribution in [0.1, 0.15) is 32.8 Å². The molecule has 0 heterocycles. The van der Waals surface area contributed by atoms with E-state index in [4.69, 9.17) is 0 Å². The molecule has 0 bridgehead atoms. The van der Waals surface area contributed by atoms with Gasteiger partial charge in [-0.2, -0.15) is 5.10 Å². The zero-order chi connectivity index (χ0) is 21.7. The molecule has 8 heteroatoms. The fraction of sp³-hybridized carbons (Fsp3) is 0.333. The Morgan fingerprint density at radius 2 is 1.69 bits per heavy atom. The van der Waals surface area contributed by atoms with E-state index in [0.717, 1.165) is 28.3 Å². The molecule has 1 amide bonds. The molecular weight excluding hydrogens is 393 g/mol. The Kier molecular flexibility index (Phi) is 7.13. The molecule has 0 atom stereocenters. The number of nitrogens with zero attached hydrogens (tertiary/aromatic N) is 2. The third kappa shape index (κ3) is 6.67. The average molecular weight is 420 g/mol. The number of hydrogen-bond acceptors (Lipinski definition) is 4. The SMILES string of the molecule is C/C(CC(C)(C)c1ccccc1)=N/NC(=O)CN(c1ccc(F)cc1)S(C)(=O)=O. The van der Waals surface area contributed by atoms with E-state index in [-0.39, 0.29) is 11.1 Å². The van der Waals surface area contributed by atoms with Crippen LogP contribution < -0.4 is 9.73 Å². The highest BCUT2D eigenvalue weighted by Crippen LogP contribution is 2.27. The number of sulfonamides is 1. The number of benzene rings is 2. The maximum Gasteiger partial charge on any atom is 0.260 e. The number of carbonyl (C=O) groups excluding carboxylic acids is 1. The van der Waals surface area contributed by atoms with Crippen LogP contribution in [0.5, 0.6) is 0 Å². The van der Waals surface area contributed by atoms with Gasteiger partial charge >= 0.3 is 0 Å². The number of halogens is 1. The Bertz CT molecular complexity index is 972. The molecule has 0 radical (unpaired) electrons. The Labute approximate surface area is 171 Å². The molecule has 29 heavy (non-hydrogen) atoms. The summed E-state index contributed by atoms with van der Waals surface area (Å²) in [5, 5.41) is 4.11. The molecule has 0 fully saturated rings.